The van der Waals surface area contributed by atoms with Gasteiger partial charge in [-0.05, 0) is 160 Å². The molecule has 330 valence electrons. The second kappa shape index (κ2) is 17.5. The average Bonchev–Trinajstić information content (AvgIpc) is 3.85. The van der Waals surface area contributed by atoms with Crippen LogP contribution in [0.1, 0.15) is 163 Å². The van der Waals surface area contributed by atoms with Gasteiger partial charge in [-0.15, -0.1) is 0 Å². The van der Waals surface area contributed by atoms with Gasteiger partial charge in [-0.25, -0.2) is 0 Å². The van der Waals surface area contributed by atoms with Crippen molar-refractivity contribution >= 4 is 52.1 Å². The van der Waals surface area contributed by atoms with Gasteiger partial charge in [0.25, 0.3) is 0 Å². The van der Waals surface area contributed by atoms with Crippen molar-refractivity contribution in [3.8, 4) is 0 Å². The molecule has 8 aliphatic carbocycles. The number of carbonyl (C=O) groups is 7. The molecule has 9 aliphatic rings. The van der Waals surface area contributed by atoms with Crippen LogP contribution < -0.4 is 34.7 Å². The minimum atomic E-state index is -1.29. The predicted octanol–water partition coefficient (Wildman–Crippen LogP) is 4.71. The molecule has 0 radical (unpaired) electrons. The molecule has 0 unspecified atom stereocenters. The number of ether oxygens (including phenoxy) is 2. The van der Waals surface area contributed by atoms with E-state index in [2.05, 4.69) is 27.7 Å². The van der Waals surface area contributed by atoms with E-state index in [-0.39, 0.29) is 110 Å². The molecular formula is C49H67NaO10S. The number of ketones is 3. The summed E-state index contributed by atoms with van der Waals surface area (Å²) in [4.78, 5) is 83.7. The molecule has 9 rings (SSSR count). The molecule has 61 heavy (non-hydrogen) atoms. The summed E-state index contributed by atoms with van der Waals surface area (Å²) in [6.07, 6.45) is 18.2. The second-order valence-corrected chi connectivity index (χ2v) is 23.1. The molecule has 1 spiro atoms. The van der Waals surface area contributed by atoms with Crippen molar-refractivity contribution in [3.63, 3.8) is 0 Å². The zero-order valence-electron chi connectivity index (χ0n) is 37.6. The number of hydrogen-bond donors (Lipinski definition) is 0. The summed E-state index contributed by atoms with van der Waals surface area (Å²) in [7, 11) is 0. The Morgan fingerprint density at radius 2 is 1.49 bits per heavy atom. The molecule has 0 aromatic heterocycles. The van der Waals surface area contributed by atoms with Crippen LogP contribution in [0.2, 0.25) is 0 Å². The topological polar surface area (TPSA) is 161 Å². The van der Waals surface area contributed by atoms with Gasteiger partial charge in [-0.1, -0.05) is 45.0 Å². The van der Waals surface area contributed by atoms with Crippen LogP contribution >= 0.6 is 11.8 Å². The zero-order valence-corrected chi connectivity index (χ0v) is 40.4. The van der Waals surface area contributed by atoms with Crippen molar-refractivity contribution in [2.75, 3.05) is 6.61 Å². The zero-order chi connectivity index (χ0) is 43.0. The van der Waals surface area contributed by atoms with Crippen molar-refractivity contribution in [2.45, 2.75) is 174 Å². The summed E-state index contributed by atoms with van der Waals surface area (Å²) < 4.78 is 11.1. The molecule has 0 bridgehead atoms. The maximum atomic E-state index is 13.0. The molecular weight excluding hydrogens is 804 g/mol. The quantitative estimate of drug-likeness (QED) is 0.258. The minimum absolute atomic E-state index is 0. The number of aliphatic carboxylic acids is 1. The van der Waals surface area contributed by atoms with E-state index in [1.54, 1.807) is 6.92 Å². The Morgan fingerprint density at radius 3 is 2.20 bits per heavy atom. The third kappa shape index (κ3) is 8.14. The summed E-state index contributed by atoms with van der Waals surface area (Å²) >= 11 is 1.50. The monoisotopic (exact) mass is 870 g/mol. The van der Waals surface area contributed by atoms with Gasteiger partial charge in [0.15, 0.2) is 16.7 Å². The number of carboxylic acid groups (broad SMARTS) is 1. The molecule has 0 N–H and O–H groups in total. The fourth-order valence-electron chi connectivity index (χ4n) is 16.2. The van der Waals surface area contributed by atoms with E-state index in [0.717, 1.165) is 103 Å². The van der Waals surface area contributed by atoms with E-state index < -0.39 is 11.9 Å². The van der Waals surface area contributed by atoms with Gasteiger partial charge >= 0.3 is 41.5 Å². The van der Waals surface area contributed by atoms with E-state index in [0.29, 0.717) is 60.1 Å². The van der Waals surface area contributed by atoms with Crippen molar-refractivity contribution < 1.29 is 77.7 Å². The normalized spacial score (nSPS) is 44.2. The smallest absolute Gasteiger partial charge is 0.550 e. The third-order valence-electron chi connectivity index (χ3n) is 19.4. The number of hydrogen-bond acceptors (Lipinski definition) is 11. The Hall–Kier alpha value is -1.82. The molecule has 14 atom stereocenters. The van der Waals surface area contributed by atoms with Crippen LogP contribution in [-0.2, 0) is 43.0 Å². The van der Waals surface area contributed by atoms with Gasteiger partial charge in [0, 0.05) is 55.2 Å². The van der Waals surface area contributed by atoms with E-state index in [1.807, 2.05) is 6.08 Å². The number of carboxylic acids is 1. The van der Waals surface area contributed by atoms with Crippen LogP contribution in [0, 0.1) is 69.0 Å². The van der Waals surface area contributed by atoms with Crippen molar-refractivity contribution in [1.29, 1.82) is 0 Å². The summed E-state index contributed by atoms with van der Waals surface area (Å²) in [5.74, 6) is 2.36. The molecule has 0 aromatic carbocycles. The van der Waals surface area contributed by atoms with Crippen molar-refractivity contribution in [1.82, 2.24) is 0 Å². The number of carbonyl (C=O) groups excluding carboxylic acids is 7. The molecule has 12 heteroatoms. The first-order valence-electron chi connectivity index (χ1n) is 23.4. The van der Waals surface area contributed by atoms with E-state index >= 15 is 0 Å². The van der Waals surface area contributed by atoms with Crippen LogP contribution in [0.4, 0.5) is 0 Å². The number of esters is 2. The van der Waals surface area contributed by atoms with Crippen LogP contribution in [0.3, 0.4) is 0 Å². The van der Waals surface area contributed by atoms with Gasteiger partial charge in [0.1, 0.15) is 18.0 Å². The second-order valence-electron chi connectivity index (χ2n) is 21.7. The Labute approximate surface area is 388 Å². The van der Waals surface area contributed by atoms with Crippen LogP contribution in [0.15, 0.2) is 11.6 Å². The number of thioether (sulfide) groups is 1. The predicted molar refractivity (Wildman–Crippen MR) is 223 cm³/mol. The number of Topliss-reactive ketones (excluding diaryl/α,β-unsaturated/α-hetero) is 2. The summed E-state index contributed by atoms with van der Waals surface area (Å²) in [6.45, 7) is 10.8. The number of fused-ring (bicyclic) bond motifs is 11. The van der Waals surface area contributed by atoms with Gasteiger partial charge in [-0.2, -0.15) is 0 Å². The maximum absolute atomic E-state index is 13.0. The molecule has 0 aromatic rings. The molecule has 0 amide bonds. The Morgan fingerprint density at radius 1 is 0.770 bits per heavy atom. The van der Waals surface area contributed by atoms with Crippen LogP contribution in [-0.4, -0.2) is 57.8 Å². The minimum Gasteiger partial charge on any atom is -0.550 e. The van der Waals surface area contributed by atoms with Crippen LogP contribution in [0.5, 0.6) is 0 Å². The molecule has 10 nitrogen and oxygen atoms in total. The molecule has 1 heterocycles. The molecule has 1 saturated heterocycles. The van der Waals surface area contributed by atoms with Crippen LogP contribution in [0.25, 0.3) is 0 Å². The summed E-state index contributed by atoms with van der Waals surface area (Å²) in [6, 6.07) is 0. The Balaban J connectivity index is 0.000000181. The summed E-state index contributed by atoms with van der Waals surface area (Å²) in [5, 5.41) is 10.9. The molecule has 1 aliphatic heterocycles. The average molecular weight is 871 g/mol. The van der Waals surface area contributed by atoms with E-state index in [9.17, 15) is 38.7 Å². The van der Waals surface area contributed by atoms with Gasteiger partial charge < -0.3 is 19.4 Å². The largest absolute Gasteiger partial charge is 1.00 e. The van der Waals surface area contributed by atoms with E-state index in [4.69, 9.17) is 9.47 Å². The third-order valence-corrected chi connectivity index (χ3v) is 20.5. The fraction of sp³-hybridized carbons (Fsp3) is 0.816. The first-order valence-corrected chi connectivity index (χ1v) is 24.2. The van der Waals surface area contributed by atoms with Crippen molar-refractivity contribution in [3.05, 3.63) is 11.6 Å². The Bertz CT molecular complexity index is 1860. The number of allylic oxidation sites excluding steroid dienone is 1. The van der Waals surface area contributed by atoms with Crippen molar-refractivity contribution in [2.24, 2.45) is 69.0 Å². The van der Waals surface area contributed by atoms with Gasteiger partial charge in [-0.3, -0.25) is 28.8 Å². The SMILES string of the molecule is CC(=O)S[C@@H]1CC2=CC(=O)CC[C@]2(C)[C@H]2CC[C@@]3(C)[C@@H](CC[C@@]34CCC(=O)O4)[C@H]12.C[C@]12CCC(=O)C[C@H]1CC[C@@H]1[C@@H]2CC[C@]2(C)[C@@H](C(=O)COC(=O)CCC(=O)[O-])CC[C@@H]12.[Na+]. The molecule has 8 fully saturated rings. The number of rotatable bonds is 7. The first-order chi connectivity index (χ1) is 28.3. The van der Waals surface area contributed by atoms with E-state index in [1.165, 1.54) is 17.3 Å². The van der Waals surface area contributed by atoms with Gasteiger partial charge in [0.05, 0.1) is 6.42 Å². The Kier molecular flexibility index (Phi) is 13.5. The maximum Gasteiger partial charge on any atom is 1.00 e. The first kappa shape index (κ1) is 47.2. The standard InChI is InChI=1S/C25H36O6.C24H32O4S.Na/c1-24-11-9-16(26)13-15(24)3-4-17-18-5-6-20(25(18,2)12-10-19(17)24)21(27)14-31-23(30)8-7-22(28)29;1-14(25)29-19-13-15-12-16(26)4-8-22(15,2)17-5-9-23(3)18(21(17)19)6-10-24(23)11-7-20(27)28-24;/h15,17-20H,3-14H2,1-2H3,(H,28,29);12,17-19,21H,4-11,13H2,1-3H3;/q;;+1/p-1/t15-,17+,18+,19+,20-,24+,25+;17-,18-,19+,21+,22-,23-,24+;/m10./s1. The fourth-order valence-corrected chi connectivity index (χ4v) is 17.5. The van der Waals surface area contributed by atoms with Gasteiger partial charge in [0.2, 0.25) is 0 Å². The summed E-state index contributed by atoms with van der Waals surface area (Å²) in [5.41, 5.74) is 1.30. The molecule has 7 saturated carbocycles.